The van der Waals surface area contributed by atoms with Gasteiger partial charge in [0, 0.05) is 25.4 Å². The number of hydrogen-bond donors (Lipinski definition) is 2. The smallest absolute Gasteiger partial charge is 0.323 e. The molecule has 0 spiro atoms. The Kier molecular flexibility index (Phi) is 5.88. The SMILES string of the molecule is Cc1ccccc1Cc1nnc(NC(=O)N(C)CC2(CO)CCCC2)s1. The molecular formula is C19H26N4O2S. The second-order valence-corrected chi connectivity index (χ2v) is 8.32. The maximum Gasteiger partial charge on any atom is 0.323 e. The number of aliphatic hydroxyl groups excluding tert-OH is 1. The van der Waals surface area contributed by atoms with Crippen molar-refractivity contribution in [2.45, 2.75) is 39.0 Å². The standard InChI is InChI=1S/C19H26N4O2S/c1-14-7-3-4-8-15(14)11-16-21-22-17(26-16)20-18(25)23(2)12-19(13-24)9-5-6-10-19/h3-4,7-8,24H,5-6,9-13H2,1-2H3,(H,20,22,25). The van der Waals surface area contributed by atoms with Crippen molar-refractivity contribution in [2.24, 2.45) is 5.41 Å². The maximum atomic E-state index is 12.5. The van der Waals surface area contributed by atoms with E-state index in [4.69, 9.17) is 0 Å². The van der Waals surface area contributed by atoms with E-state index in [9.17, 15) is 9.90 Å². The van der Waals surface area contributed by atoms with Gasteiger partial charge < -0.3 is 10.0 Å². The summed E-state index contributed by atoms with van der Waals surface area (Å²) >= 11 is 1.40. The zero-order valence-electron chi connectivity index (χ0n) is 15.4. The van der Waals surface area contributed by atoms with E-state index < -0.39 is 0 Å². The maximum absolute atomic E-state index is 12.5. The van der Waals surface area contributed by atoms with Crippen molar-refractivity contribution in [3.63, 3.8) is 0 Å². The Morgan fingerprint density at radius 3 is 2.73 bits per heavy atom. The van der Waals surface area contributed by atoms with Gasteiger partial charge in [0.2, 0.25) is 5.13 Å². The minimum Gasteiger partial charge on any atom is -0.396 e. The topological polar surface area (TPSA) is 78.4 Å². The van der Waals surface area contributed by atoms with E-state index in [-0.39, 0.29) is 18.1 Å². The first-order valence-corrected chi connectivity index (χ1v) is 9.83. The molecule has 6 nitrogen and oxygen atoms in total. The van der Waals surface area contributed by atoms with E-state index >= 15 is 0 Å². The van der Waals surface area contributed by atoms with Gasteiger partial charge in [-0.15, -0.1) is 10.2 Å². The molecule has 2 N–H and O–H groups in total. The number of aliphatic hydroxyl groups is 1. The third-order valence-corrected chi connectivity index (χ3v) is 6.04. The van der Waals surface area contributed by atoms with Crippen LogP contribution in [-0.2, 0) is 6.42 Å². The van der Waals surface area contributed by atoms with Crippen molar-refractivity contribution in [3.05, 3.63) is 40.4 Å². The lowest BCUT2D eigenvalue weighted by Crippen LogP contribution is -2.41. The molecule has 1 aliphatic rings. The Hall–Kier alpha value is -1.99. The third kappa shape index (κ3) is 4.40. The van der Waals surface area contributed by atoms with Crippen LogP contribution in [0.1, 0.15) is 41.8 Å². The molecule has 0 saturated heterocycles. The molecule has 3 rings (SSSR count). The third-order valence-electron chi connectivity index (χ3n) is 5.20. The Bertz CT molecular complexity index is 756. The number of nitrogens with zero attached hydrogens (tertiary/aromatic N) is 3. The van der Waals surface area contributed by atoms with Crippen molar-refractivity contribution >= 4 is 22.5 Å². The molecule has 140 valence electrons. The van der Waals surface area contributed by atoms with E-state index in [1.807, 2.05) is 12.1 Å². The summed E-state index contributed by atoms with van der Waals surface area (Å²) in [5, 5.41) is 22.2. The van der Waals surface area contributed by atoms with Crippen molar-refractivity contribution in [1.82, 2.24) is 15.1 Å². The van der Waals surface area contributed by atoms with E-state index in [0.717, 1.165) is 30.7 Å². The fourth-order valence-electron chi connectivity index (χ4n) is 3.60. The molecule has 0 unspecified atom stereocenters. The number of urea groups is 1. The van der Waals surface area contributed by atoms with Gasteiger partial charge in [0.25, 0.3) is 0 Å². The van der Waals surface area contributed by atoms with Gasteiger partial charge in [0.05, 0.1) is 6.61 Å². The van der Waals surface area contributed by atoms with Gasteiger partial charge >= 0.3 is 6.03 Å². The van der Waals surface area contributed by atoms with Gasteiger partial charge in [-0.05, 0) is 30.9 Å². The molecule has 7 heteroatoms. The fourth-order valence-corrected chi connectivity index (χ4v) is 4.35. The Labute approximate surface area is 158 Å². The first-order chi connectivity index (χ1) is 12.5. The predicted octanol–water partition coefficient (Wildman–Crippen LogP) is 3.45. The van der Waals surface area contributed by atoms with Crippen LogP contribution in [0.2, 0.25) is 0 Å². The highest BCUT2D eigenvalue weighted by Crippen LogP contribution is 2.38. The molecule has 2 amide bonds. The molecule has 0 aliphatic heterocycles. The summed E-state index contributed by atoms with van der Waals surface area (Å²) in [4.78, 5) is 14.1. The molecular weight excluding hydrogens is 348 g/mol. The summed E-state index contributed by atoms with van der Waals surface area (Å²) in [6, 6.07) is 7.99. The van der Waals surface area contributed by atoms with Gasteiger partial charge in [0.1, 0.15) is 5.01 Å². The van der Waals surface area contributed by atoms with Crippen LogP contribution < -0.4 is 5.32 Å². The number of carbonyl (C=O) groups is 1. The molecule has 26 heavy (non-hydrogen) atoms. The average Bonchev–Trinajstić information content (AvgIpc) is 3.27. The van der Waals surface area contributed by atoms with Crippen molar-refractivity contribution in [3.8, 4) is 0 Å². The average molecular weight is 375 g/mol. The van der Waals surface area contributed by atoms with Crippen LogP contribution in [0.3, 0.4) is 0 Å². The molecule has 2 aromatic rings. The fraction of sp³-hybridized carbons (Fsp3) is 0.526. The largest absolute Gasteiger partial charge is 0.396 e. The van der Waals surface area contributed by atoms with E-state index in [1.54, 1.807) is 11.9 Å². The molecule has 1 aromatic carbocycles. The highest BCUT2D eigenvalue weighted by Gasteiger charge is 2.35. The summed E-state index contributed by atoms with van der Waals surface area (Å²) < 4.78 is 0. The summed E-state index contributed by atoms with van der Waals surface area (Å²) in [6.07, 6.45) is 4.90. The number of nitrogens with one attached hydrogen (secondary N) is 1. The van der Waals surface area contributed by atoms with Crippen LogP contribution in [-0.4, -0.2) is 46.4 Å². The first-order valence-electron chi connectivity index (χ1n) is 9.01. The number of carbonyl (C=O) groups excluding carboxylic acids is 1. The molecule has 1 heterocycles. The Balaban J connectivity index is 1.58. The lowest BCUT2D eigenvalue weighted by molar-refractivity contribution is 0.0998. The number of aryl methyl sites for hydroxylation is 1. The number of aromatic nitrogens is 2. The van der Waals surface area contributed by atoms with Crippen LogP contribution >= 0.6 is 11.3 Å². The van der Waals surface area contributed by atoms with Gasteiger partial charge in [-0.2, -0.15) is 0 Å². The van der Waals surface area contributed by atoms with Crippen molar-refractivity contribution in [2.75, 3.05) is 25.5 Å². The predicted molar refractivity (Wildman–Crippen MR) is 104 cm³/mol. The van der Waals surface area contributed by atoms with Crippen LogP contribution in [0.5, 0.6) is 0 Å². The lowest BCUT2D eigenvalue weighted by Gasteiger charge is -2.31. The van der Waals surface area contributed by atoms with Crippen molar-refractivity contribution < 1.29 is 9.90 Å². The quantitative estimate of drug-likeness (QED) is 0.812. The molecule has 0 atom stereocenters. The van der Waals surface area contributed by atoms with E-state index in [0.29, 0.717) is 18.1 Å². The number of benzene rings is 1. The Morgan fingerprint density at radius 1 is 1.31 bits per heavy atom. The number of rotatable bonds is 6. The molecule has 1 fully saturated rings. The number of amides is 2. The lowest BCUT2D eigenvalue weighted by atomic mass is 9.87. The Morgan fingerprint density at radius 2 is 2.04 bits per heavy atom. The molecule has 1 aromatic heterocycles. The first kappa shape index (κ1) is 18.8. The molecule has 1 saturated carbocycles. The summed E-state index contributed by atoms with van der Waals surface area (Å²) in [5.74, 6) is 0. The van der Waals surface area contributed by atoms with Crippen molar-refractivity contribution in [1.29, 1.82) is 0 Å². The van der Waals surface area contributed by atoms with Crippen LogP contribution in [0, 0.1) is 12.3 Å². The second kappa shape index (κ2) is 8.14. The highest BCUT2D eigenvalue weighted by molar-refractivity contribution is 7.15. The zero-order valence-corrected chi connectivity index (χ0v) is 16.2. The summed E-state index contributed by atoms with van der Waals surface area (Å²) in [5.41, 5.74) is 2.28. The van der Waals surface area contributed by atoms with Crippen LogP contribution in [0.15, 0.2) is 24.3 Å². The van der Waals surface area contributed by atoms with Gasteiger partial charge in [-0.25, -0.2) is 4.79 Å². The normalized spacial score (nSPS) is 15.8. The monoisotopic (exact) mass is 374 g/mol. The minimum atomic E-state index is -0.205. The minimum absolute atomic E-state index is 0.129. The summed E-state index contributed by atoms with van der Waals surface area (Å²) in [7, 11) is 1.76. The number of hydrogen-bond acceptors (Lipinski definition) is 5. The highest BCUT2D eigenvalue weighted by atomic mass is 32.1. The number of anilines is 1. The van der Waals surface area contributed by atoms with E-state index in [2.05, 4.69) is 34.6 Å². The second-order valence-electron chi connectivity index (χ2n) is 7.26. The van der Waals surface area contributed by atoms with Gasteiger partial charge in [-0.1, -0.05) is 48.4 Å². The van der Waals surface area contributed by atoms with Gasteiger partial charge in [-0.3, -0.25) is 5.32 Å². The zero-order chi connectivity index (χ0) is 18.6. The van der Waals surface area contributed by atoms with Crippen LogP contribution in [0.4, 0.5) is 9.93 Å². The molecule has 0 bridgehead atoms. The van der Waals surface area contributed by atoms with E-state index in [1.165, 1.54) is 22.5 Å². The summed E-state index contributed by atoms with van der Waals surface area (Å²) in [6.45, 7) is 2.77. The van der Waals surface area contributed by atoms with Crippen LogP contribution in [0.25, 0.3) is 0 Å². The van der Waals surface area contributed by atoms with Gasteiger partial charge in [0.15, 0.2) is 0 Å². The molecule has 1 aliphatic carbocycles. The molecule has 0 radical (unpaired) electrons.